The van der Waals surface area contributed by atoms with E-state index in [0.717, 1.165) is 17.1 Å². The Morgan fingerprint density at radius 2 is 1.57 bits per heavy atom. The number of rotatable bonds is 8. The molecule has 3 nitrogen and oxygen atoms in total. The molecule has 0 aliphatic carbocycles. The predicted molar refractivity (Wildman–Crippen MR) is 116 cm³/mol. The van der Waals surface area contributed by atoms with Crippen molar-refractivity contribution in [1.82, 2.24) is 0 Å². The van der Waals surface area contributed by atoms with E-state index in [1.807, 2.05) is 80.6 Å². The van der Waals surface area contributed by atoms with Crippen molar-refractivity contribution in [2.24, 2.45) is 5.92 Å². The van der Waals surface area contributed by atoms with Crippen LogP contribution >= 0.6 is 0 Å². The Kier molecular flexibility index (Phi) is 7.70. The molecule has 2 rings (SSSR count). The maximum Gasteiger partial charge on any atom is 0.161 e. The first-order valence-corrected chi connectivity index (χ1v) is 9.36. The second kappa shape index (κ2) is 10.2. The lowest BCUT2D eigenvalue weighted by Gasteiger charge is -2.11. The van der Waals surface area contributed by atoms with Crippen LogP contribution in [-0.4, -0.2) is 10.2 Å². The topological polar surface area (TPSA) is 49.7 Å². The van der Waals surface area contributed by atoms with E-state index in [-0.39, 0.29) is 17.4 Å². The van der Waals surface area contributed by atoms with E-state index < -0.39 is 0 Å². The van der Waals surface area contributed by atoms with E-state index in [4.69, 9.17) is 4.74 Å². The van der Waals surface area contributed by atoms with Crippen LogP contribution in [0.4, 0.5) is 0 Å². The third-order valence-corrected chi connectivity index (χ3v) is 4.35. The van der Waals surface area contributed by atoms with Gasteiger partial charge in [-0.2, -0.15) is 0 Å². The molecule has 146 valence electrons. The van der Waals surface area contributed by atoms with Crippen molar-refractivity contribution < 1.29 is 14.9 Å². The fourth-order valence-corrected chi connectivity index (χ4v) is 2.61. The Labute approximate surface area is 167 Å². The molecule has 0 saturated carbocycles. The van der Waals surface area contributed by atoms with Gasteiger partial charge in [0.25, 0.3) is 0 Å². The summed E-state index contributed by atoms with van der Waals surface area (Å²) in [5.74, 6) is 1.42. The largest absolute Gasteiger partial charge is 0.504 e. The van der Waals surface area contributed by atoms with E-state index >= 15 is 0 Å². The number of benzene rings is 2. The number of aliphatic hydroxyl groups is 2. The van der Waals surface area contributed by atoms with E-state index in [0.29, 0.717) is 17.6 Å². The Morgan fingerprint density at radius 3 is 2.14 bits per heavy atom. The molecular formula is C25H28O3. The van der Waals surface area contributed by atoms with Gasteiger partial charge in [-0.05, 0) is 60.2 Å². The number of hydrogen-bond acceptors (Lipinski definition) is 3. The van der Waals surface area contributed by atoms with Gasteiger partial charge < -0.3 is 14.9 Å². The molecule has 0 unspecified atom stereocenters. The SMILES string of the molecule is C=C/C(C)=C(O)/C(O)=C(\C=C\Cc1ccc(Oc2ccccc2)cc1)C(C)C. The van der Waals surface area contributed by atoms with Crippen LogP contribution in [0.3, 0.4) is 0 Å². The second-order valence-corrected chi connectivity index (χ2v) is 6.86. The molecule has 2 aromatic rings. The van der Waals surface area contributed by atoms with Crippen LogP contribution in [-0.2, 0) is 6.42 Å². The first-order valence-electron chi connectivity index (χ1n) is 9.36. The fourth-order valence-electron chi connectivity index (χ4n) is 2.61. The zero-order chi connectivity index (χ0) is 20.5. The van der Waals surface area contributed by atoms with Gasteiger partial charge in [-0.15, -0.1) is 0 Å². The predicted octanol–water partition coefficient (Wildman–Crippen LogP) is 7.06. The number of para-hydroxylation sites is 1. The highest BCUT2D eigenvalue weighted by Gasteiger charge is 2.12. The van der Waals surface area contributed by atoms with Gasteiger partial charge in [0.1, 0.15) is 11.5 Å². The number of ether oxygens (including phenoxy) is 1. The van der Waals surface area contributed by atoms with E-state index in [1.54, 1.807) is 6.92 Å². The molecule has 0 spiro atoms. The summed E-state index contributed by atoms with van der Waals surface area (Å²) in [6, 6.07) is 17.6. The molecule has 2 N–H and O–H groups in total. The first-order chi connectivity index (χ1) is 13.4. The van der Waals surface area contributed by atoms with Crippen molar-refractivity contribution in [3.8, 4) is 11.5 Å². The highest BCUT2D eigenvalue weighted by molar-refractivity contribution is 5.38. The lowest BCUT2D eigenvalue weighted by molar-refractivity contribution is 0.316. The van der Waals surface area contributed by atoms with Gasteiger partial charge in [0.05, 0.1) is 0 Å². The van der Waals surface area contributed by atoms with Crippen LogP contribution in [0.5, 0.6) is 11.5 Å². The van der Waals surface area contributed by atoms with E-state index in [9.17, 15) is 10.2 Å². The molecule has 3 heteroatoms. The molecule has 0 aliphatic rings. The summed E-state index contributed by atoms with van der Waals surface area (Å²) in [6.45, 7) is 9.28. The number of hydrogen-bond donors (Lipinski definition) is 2. The van der Waals surface area contributed by atoms with Crippen molar-refractivity contribution in [3.05, 3.63) is 108 Å². The first kappa shape index (κ1) is 21.1. The maximum absolute atomic E-state index is 10.4. The highest BCUT2D eigenvalue weighted by Crippen LogP contribution is 2.23. The smallest absolute Gasteiger partial charge is 0.161 e. The molecule has 0 atom stereocenters. The van der Waals surface area contributed by atoms with Crippen LogP contribution in [0, 0.1) is 5.92 Å². The third kappa shape index (κ3) is 5.92. The minimum Gasteiger partial charge on any atom is -0.504 e. The second-order valence-electron chi connectivity index (χ2n) is 6.86. The summed E-state index contributed by atoms with van der Waals surface area (Å²) in [6.07, 6.45) is 6.07. The molecular weight excluding hydrogens is 348 g/mol. The summed E-state index contributed by atoms with van der Waals surface area (Å²) in [7, 11) is 0. The quantitative estimate of drug-likeness (QED) is 0.383. The molecule has 0 aliphatic heterocycles. The van der Waals surface area contributed by atoms with E-state index in [1.165, 1.54) is 6.08 Å². The average molecular weight is 376 g/mol. The molecule has 0 bridgehead atoms. The van der Waals surface area contributed by atoms with Crippen LogP contribution in [0.2, 0.25) is 0 Å². The molecule has 0 saturated heterocycles. The van der Waals surface area contributed by atoms with Crippen LogP contribution < -0.4 is 4.74 Å². The molecule has 0 fully saturated rings. The fraction of sp³-hybridized carbons (Fsp3) is 0.200. The number of aliphatic hydroxyl groups excluding tert-OH is 2. The summed E-state index contributed by atoms with van der Waals surface area (Å²) >= 11 is 0. The van der Waals surface area contributed by atoms with Crippen molar-refractivity contribution in [3.63, 3.8) is 0 Å². The molecule has 2 aromatic carbocycles. The molecule has 0 radical (unpaired) electrons. The van der Waals surface area contributed by atoms with Gasteiger partial charge in [-0.1, -0.05) is 69.0 Å². The van der Waals surface area contributed by atoms with Gasteiger partial charge in [-0.25, -0.2) is 0 Å². The van der Waals surface area contributed by atoms with Gasteiger partial charge >= 0.3 is 0 Å². The van der Waals surface area contributed by atoms with Crippen molar-refractivity contribution in [1.29, 1.82) is 0 Å². The van der Waals surface area contributed by atoms with E-state index in [2.05, 4.69) is 6.58 Å². The minimum absolute atomic E-state index is 0.0673. The Balaban J connectivity index is 2.08. The van der Waals surface area contributed by atoms with Crippen LogP contribution in [0.1, 0.15) is 26.3 Å². The maximum atomic E-state index is 10.4. The zero-order valence-electron chi connectivity index (χ0n) is 16.7. The summed E-state index contributed by atoms with van der Waals surface area (Å²) in [5, 5.41) is 20.5. The van der Waals surface area contributed by atoms with Crippen molar-refractivity contribution in [2.75, 3.05) is 0 Å². The number of allylic oxidation sites excluding steroid dienone is 5. The summed E-state index contributed by atoms with van der Waals surface area (Å²) < 4.78 is 5.80. The molecule has 0 aromatic heterocycles. The van der Waals surface area contributed by atoms with Gasteiger partial charge in [0.15, 0.2) is 11.5 Å². The minimum atomic E-state index is -0.134. The Hall–Kier alpha value is -3.20. The van der Waals surface area contributed by atoms with Crippen LogP contribution in [0.15, 0.2) is 102 Å². The summed E-state index contributed by atoms with van der Waals surface area (Å²) in [5.41, 5.74) is 2.35. The van der Waals surface area contributed by atoms with Crippen LogP contribution in [0.25, 0.3) is 0 Å². The van der Waals surface area contributed by atoms with Gasteiger partial charge in [0, 0.05) is 0 Å². The lowest BCUT2D eigenvalue weighted by atomic mass is 9.98. The van der Waals surface area contributed by atoms with Gasteiger partial charge in [0.2, 0.25) is 0 Å². The lowest BCUT2D eigenvalue weighted by Crippen LogP contribution is -2.01. The molecule has 28 heavy (non-hydrogen) atoms. The zero-order valence-corrected chi connectivity index (χ0v) is 16.7. The van der Waals surface area contributed by atoms with Gasteiger partial charge in [-0.3, -0.25) is 0 Å². The Morgan fingerprint density at radius 1 is 0.964 bits per heavy atom. The molecule has 0 amide bonds. The van der Waals surface area contributed by atoms with Crippen molar-refractivity contribution >= 4 is 0 Å². The summed E-state index contributed by atoms with van der Waals surface area (Å²) in [4.78, 5) is 0. The van der Waals surface area contributed by atoms with Crippen molar-refractivity contribution in [2.45, 2.75) is 27.2 Å². The molecule has 0 heterocycles. The normalized spacial score (nSPS) is 13.3. The monoisotopic (exact) mass is 376 g/mol. The third-order valence-electron chi connectivity index (χ3n) is 4.35. The standard InChI is InChI=1S/C25H28O3/c1-5-19(4)24(26)25(27)23(18(2)3)13-9-10-20-14-16-22(17-15-20)28-21-11-7-6-8-12-21/h5-9,11-18,26-27H,1,10H2,2-4H3/b13-9+,24-19-,25-23-. The Bertz CT molecular complexity index is 870. The highest BCUT2D eigenvalue weighted by atomic mass is 16.5. The average Bonchev–Trinajstić information content (AvgIpc) is 2.71.